The fraction of sp³-hybridized carbons (Fsp3) is 0.462. The number of benzene rings is 1. The summed E-state index contributed by atoms with van der Waals surface area (Å²) in [6, 6.07) is 5.53. The van der Waals surface area contributed by atoms with Crippen molar-refractivity contribution >= 4 is 5.91 Å². The zero-order chi connectivity index (χ0) is 15.3. The molecule has 0 aliphatic rings. The van der Waals surface area contributed by atoms with E-state index in [2.05, 4.69) is 4.74 Å². The molecule has 0 aliphatic carbocycles. The van der Waals surface area contributed by atoms with E-state index in [9.17, 15) is 18.0 Å². The van der Waals surface area contributed by atoms with Gasteiger partial charge in [0.25, 0.3) is 0 Å². The predicted molar refractivity (Wildman–Crippen MR) is 67.8 cm³/mol. The minimum Gasteiger partial charge on any atom is -0.406 e. The Kier molecular flexibility index (Phi) is 5.38. The first-order chi connectivity index (χ1) is 9.23. The van der Waals surface area contributed by atoms with Gasteiger partial charge in [0, 0.05) is 26.1 Å². The van der Waals surface area contributed by atoms with Crippen molar-refractivity contribution in [3.05, 3.63) is 29.8 Å². The van der Waals surface area contributed by atoms with Crippen LogP contribution >= 0.6 is 0 Å². The summed E-state index contributed by atoms with van der Waals surface area (Å²) < 4.78 is 40.2. The number of halogens is 3. The molecule has 0 fully saturated rings. The van der Waals surface area contributed by atoms with Crippen molar-refractivity contribution in [2.75, 3.05) is 13.6 Å². The summed E-state index contributed by atoms with van der Waals surface area (Å²) in [6.07, 6.45) is -4.73. The molecule has 112 valence electrons. The van der Waals surface area contributed by atoms with Crippen molar-refractivity contribution in [1.29, 1.82) is 0 Å². The maximum Gasteiger partial charge on any atom is 0.573 e. The van der Waals surface area contributed by atoms with Crippen molar-refractivity contribution < 1.29 is 22.7 Å². The van der Waals surface area contributed by atoms with Crippen LogP contribution in [0.15, 0.2) is 24.3 Å². The van der Waals surface area contributed by atoms with Gasteiger partial charge in [-0.3, -0.25) is 4.79 Å². The van der Waals surface area contributed by atoms with Gasteiger partial charge in [0.1, 0.15) is 5.75 Å². The zero-order valence-electron chi connectivity index (χ0n) is 11.3. The summed E-state index contributed by atoms with van der Waals surface area (Å²) in [5, 5.41) is 0. The molecule has 0 saturated heterocycles. The second-order valence-corrected chi connectivity index (χ2v) is 4.53. The summed E-state index contributed by atoms with van der Waals surface area (Å²) in [5.74, 6) is -0.785. The number of amides is 1. The third-order valence-electron chi connectivity index (χ3n) is 2.70. The third kappa shape index (κ3) is 5.08. The summed E-state index contributed by atoms with van der Waals surface area (Å²) in [5.41, 5.74) is 5.95. The lowest BCUT2D eigenvalue weighted by Gasteiger charge is -2.21. The van der Waals surface area contributed by atoms with Crippen LogP contribution < -0.4 is 10.5 Å². The smallest absolute Gasteiger partial charge is 0.406 e. The average Bonchev–Trinajstić information content (AvgIpc) is 2.35. The lowest BCUT2D eigenvalue weighted by Crippen LogP contribution is -2.34. The number of hydrogen-bond donors (Lipinski definition) is 1. The molecule has 0 bridgehead atoms. The van der Waals surface area contributed by atoms with Gasteiger partial charge in [-0.2, -0.15) is 0 Å². The number of rotatable bonds is 5. The highest BCUT2D eigenvalue weighted by Gasteiger charge is 2.31. The fourth-order valence-corrected chi connectivity index (χ4v) is 1.67. The monoisotopic (exact) mass is 290 g/mol. The Labute approximate surface area is 115 Å². The Morgan fingerprint density at radius 1 is 1.45 bits per heavy atom. The van der Waals surface area contributed by atoms with Crippen molar-refractivity contribution in [3.63, 3.8) is 0 Å². The lowest BCUT2D eigenvalue weighted by atomic mass is 10.1. The minimum absolute atomic E-state index is 0.158. The van der Waals surface area contributed by atoms with Crippen LogP contribution in [0.2, 0.25) is 0 Å². The highest BCUT2D eigenvalue weighted by Crippen LogP contribution is 2.23. The molecule has 7 heteroatoms. The van der Waals surface area contributed by atoms with E-state index in [0.717, 1.165) is 0 Å². The van der Waals surface area contributed by atoms with Gasteiger partial charge < -0.3 is 15.4 Å². The van der Waals surface area contributed by atoms with Crippen molar-refractivity contribution in [2.45, 2.75) is 19.8 Å². The maximum atomic E-state index is 12.1. The molecule has 0 aliphatic heterocycles. The van der Waals surface area contributed by atoms with Crippen LogP contribution in [0.1, 0.15) is 12.5 Å². The van der Waals surface area contributed by atoms with E-state index < -0.39 is 6.36 Å². The van der Waals surface area contributed by atoms with E-state index in [4.69, 9.17) is 5.73 Å². The highest BCUT2D eigenvalue weighted by atomic mass is 19.4. The predicted octanol–water partition coefficient (Wildman–Crippen LogP) is 2.14. The van der Waals surface area contributed by atoms with Gasteiger partial charge in [-0.15, -0.1) is 13.2 Å². The number of carbonyl (C=O) groups is 1. The second-order valence-electron chi connectivity index (χ2n) is 4.53. The fourth-order valence-electron chi connectivity index (χ4n) is 1.67. The number of nitrogens with zero attached hydrogens (tertiary/aromatic N) is 1. The van der Waals surface area contributed by atoms with E-state index in [1.807, 2.05) is 0 Å². The molecular formula is C13H17F3N2O2. The number of carbonyl (C=O) groups excluding carboxylic acids is 1. The van der Waals surface area contributed by atoms with Crippen molar-refractivity contribution in [1.82, 2.24) is 4.90 Å². The standard InChI is InChI=1S/C13H17F3N2O2/c1-9(7-17)12(19)18(2)8-10-4-3-5-11(6-10)20-13(14,15)16/h3-6,9H,7-8,17H2,1-2H3. The van der Waals surface area contributed by atoms with Gasteiger partial charge in [0.05, 0.1) is 0 Å². The molecule has 20 heavy (non-hydrogen) atoms. The summed E-state index contributed by atoms with van der Waals surface area (Å²) in [6.45, 7) is 2.11. The van der Waals surface area contributed by atoms with Crippen LogP contribution in [0.3, 0.4) is 0 Å². The molecule has 4 nitrogen and oxygen atoms in total. The van der Waals surface area contributed by atoms with Crippen molar-refractivity contribution in [3.8, 4) is 5.75 Å². The molecule has 0 heterocycles. The summed E-state index contributed by atoms with van der Waals surface area (Å²) in [7, 11) is 1.58. The minimum atomic E-state index is -4.73. The van der Waals surface area contributed by atoms with Gasteiger partial charge in [-0.25, -0.2) is 0 Å². The number of hydrogen-bond acceptors (Lipinski definition) is 3. The molecule has 1 unspecified atom stereocenters. The summed E-state index contributed by atoms with van der Waals surface area (Å²) >= 11 is 0. The van der Waals surface area contributed by atoms with E-state index in [-0.39, 0.29) is 30.7 Å². The Hall–Kier alpha value is -1.76. The Morgan fingerprint density at radius 2 is 2.10 bits per heavy atom. The summed E-state index contributed by atoms with van der Waals surface area (Å²) in [4.78, 5) is 13.2. The van der Waals surface area contributed by atoms with Gasteiger partial charge in [-0.05, 0) is 17.7 Å². The van der Waals surface area contributed by atoms with Gasteiger partial charge in [-0.1, -0.05) is 19.1 Å². The molecule has 0 radical (unpaired) electrons. The molecule has 0 aromatic heterocycles. The molecule has 0 saturated carbocycles. The van der Waals surface area contributed by atoms with Crippen LogP contribution in [0.5, 0.6) is 5.75 Å². The van der Waals surface area contributed by atoms with E-state index >= 15 is 0 Å². The highest BCUT2D eigenvalue weighted by molar-refractivity contribution is 5.78. The average molecular weight is 290 g/mol. The Balaban J connectivity index is 2.73. The number of nitrogens with two attached hydrogens (primary N) is 1. The first-order valence-electron chi connectivity index (χ1n) is 6.02. The van der Waals surface area contributed by atoms with Gasteiger partial charge in [0.15, 0.2) is 0 Å². The second kappa shape index (κ2) is 6.60. The Bertz CT molecular complexity index is 463. The largest absolute Gasteiger partial charge is 0.573 e. The van der Waals surface area contributed by atoms with Crippen LogP contribution in [0.4, 0.5) is 13.2 Å². The SMILES string of the molecule is CC(CN)C(=O)N(C)Cc1cccc(OC(F)(F)F)c1. The van der Waals surface area contributed by atoms with Crippen LogP contribution in [-0.4, -0.2) is 30.8 Å². The maximum absolute atomic E-state index is 12.1. The number of ether oxygens (including phenoxy) is 1. The van der Waals surface area contributed by atoms with Crippen LogP contribution in [-0.2, 0) is 11.3 Å². The third-order valence-corrected chi connectivity index (χ3v) is 2.70. The first-order valence-corrected chi connectivity index (χ1v) is 6.02. The van der Waals surface area contributed by atoms with Crippen molar-refractivity contribution in [2.24, 2.45) is 11.7 Å². The Morgan fingerprint density at radius 3 is 2.65 bits per heavy atom. The number of alkyl halides is 3. The topological polar surface area (TPSA) is 55.6 Å². The molecule has 1 atom stereocenters. The quantitative estimate of drug-likeness (QED) is 0.904. The van der Waals surface area contributed by atoms with Gasteiger partial charge in [0.2, 0.25) is 5.91 Å². The van der Waals surface area contributed by atoms with E-state index in [1.165, 1.54) is 23.1 Å². The van der Waals surface area contributed by atoms with Crippen LogP contribution in [0, 0.1) is 5.92 Å². The normalized spacial score (nSPS) is 12.9. The molecular weight excluding hydrogens is 273 g/mol. The molecule has 1 rings (SSSR count). The lowest BCUT2D eigenvalue weighted by molar-refractivity contribution is -0.274. The molecule has 2 N–H and O–H groups in total. The van der Waals surface area contributed by atoms with Crippen LogP contribution in [0.25, 0.3) is 0 Å². The molecule has 0 spiro atoms. The first kappa shape index (κ1) is 16.3. The molecule has 1 amide bonds. The molecule has 1 aromatic carbocycles. The van der Waals surface area contributed by atoms with E-state index in [1.54, 1.807) is 20.0 Å². The zero-order valence-corrected chi connectivity index (χ0v) is 11.3. The molecule has 1 aromatic rings. The van der Waals surface area contributed by atoms with E-state index in [0.29, 0.717) is 5.56 Å². The van der Waals surface area contributed by atoms with Gasteiger partial charge >= 0.3 is 6.36 Å².